The molecule has 2 atom stereocenters. The fraction of sp³-hybridized carbons (Fsp3) is 0.650. The monoisotopic (exact) mass is 440 g/mol. The van der Waals surface area contributed by atoms with Crippen LogP contribution in [0.4, 0.5) is 5.69 Å². The lowest BCUT2D eigenvalue weighted by atomic mass is 9.70. The Morgan fingerprint density at radius 2 is 1.69 bits per heavy atom. The number of ketones is 1. The van der Waals surface area contributed by atoms with Gasteiger partial charge in [0.15, 0.2) is 0 Å². The topological polar surface area (TPSA) is 101 Å². The van der Waals surface area contributed by atoms with Gasteiger partial charge in [0.2, 0.25) is 20.0 Å². The van der Waals surface area contributed by atoms with Crippen molar-refractivity contribution >= 4 is 31.5 Å². The summed E-state index contributed by atoms with van der Waals surface area (Å²) in [4.78, 5) is 12.8. The molecule has 2 bridgehead atoms. The Balaban J connectivity index is 1.51. The van der Waals surface area contributed by atoms with Crippen LogP contribution in [0.3, 0.4) is 0 Å². The lowest BCUT2D eigenvalue weighted by Crippen LogP contribution is -2.43. The first-order valence-electron chi connectivity index (χ1n) is 10.1. The number of anilines is 1. The van der Waals surface area contributed by atoms with E-state index in [1.165, 1.54) is 28.6 Å². The molecule has 1 aromatic carbocycles. The predicted molar refractivity (Wildman–Crippen MR) is 110 cm³/mol. The number of sulfonamides is 2. The molecule has 2 aliphatic carbocycles. The van der Waals surface area contributed by atoms with Crippen LogP contribution in [0.5, 0.6) is 0 Å². The summed E-state index contributed by atoms with van der Waals surface area (Å²) >= 11 is 0. The van der Waals surface area contributed by atoms with Crippen molar-refractivity contribution in [1.29, 1.82) is 0 Å². The fourth-order valence-electron chi connectivity index (χ4n) is 5.42. The molecule has 0 spiro atoms. The van der Waals surface area contributed by atoms with E-state index >= 15 is 0 Å². The Morgan fingerprint density at radius 3 is 2.21 bits per heavy atom. The minimum absolute atomic E-state index is 0.0520. The molecule has 0 radical (unpaired) electrons. The molecule has 1 aliphatic heterocycles. The van der Waals surface area contributed by atoms with Crippen molar-refractivity contribution in [1.82, 2.24) is 4.31 Å². The molecule has 1 saturated heterocycles. The van der Waals surface area contributed by atoms with Crippen molar-refractivity contribution in [3.63, 3.8) is 0 Å². The minimum Gasteiger partial charge on any atom is -0.299 e. The van der Waals surface area contributed by atoms with Crippen molar-refractivity contribution in [3.8, 4) is 0 Å². The zero-order valence-corrected chi connectivity index (χ0v) is 18.5. The quantitative estimate of drug-likeness (QED) is 0.733. The first kappa shape index (κ1) is 20.8. The first-order valence-corrected chi connectivity index (χ1v) is 13.2. The third kappa shape index (κ3) is 3.31. The minimum atomic E-state index is -3.76. The van der Waals surface area contributed by atoms with Crippen LogP contribution in [-0.4, -0.2) is 45.8 Å². The first-order chi connectivity index (χ1) is 13.5. The highest BCUT2D eigenvalue weighted by molar-refractivity contribution is 7.92. The van der Waals surface area contributed by atoms with Gasteiger partial charge in [0.1, 0.15) is 5.78 Å². The maximum Gasteiger partial charge on any atom is 0.243 e. The molecular weight excluding hydrogens is 412 g/mol. The van der Waals surface area contributed by atoms with E-state index < -0.39 is 25.5 Å². The molecule has 0 amide bonds. The van der Waals surface area contributed by atoms with Gasteiger partial charge in [0.25, 0.3) is 0 Å². The Hall–Kier alpha value is -1.45. The van der Waals surface area contributed by atoms with Gasteiger partial charge in [-0.15, -0.1) is 0 Å². The average Bonchev–Trinajstić information content (AvgIpc) is 3.29. The van der Waals surface area contributed by atoms with Gasteiger partial charge in [0.05, 0.1) is 16.1 Å². The summed E-state index contributed by atoms with van der Waals surface area (Å²) in [5, 5.41) is 0. The molecule has 3 aliphatic rings. The van der Waals surface area contributed by atoms with E-state index in [9.17, 15) is 21.6 Å². The third-order valence-electron chi connectivity index (χ3n) is 7.41. The smallest absolute Gasteiger partial charge is 0.243 e. The molecule has 7 nitrogen and oxygen atoms in total. The maximum absolute atomic E-state index is 12.9. The average molecular weight is 441 g/mol. The molecule has 1 aromatic rings. The zero-order chi connectivity index (χ0) is 21.1. The summed E-state index contributed by atoms with van der Waals surface area (Å²) in [5.41, 5.74) is -0.853. The third-order valence-corrected chi connectivity index (χ3v) is 10.7. The van der Waals surface area contributed by atoms with Crippen LogP contribution in [0.1, 0.15) is 46.0 Å². The molecule has 4 rings (SSSR count). The van der Waals surface area contributed by atoms with E-state index in [-0.39, 0.29) is 27.8 Å². The molecule has 3 fully saturated rings. The van der Waals surface area contributed by atoms with Crippen LogP contribution in [0.15, 0.2) is 29.2 Å². The Bertz CT molecular complexity index is 1030. The number of Topliss-reactive ketones (excluding diaryl/α,β-unsaturated/α-hetero) is 1. The highest BCUT2D eigenvalue weighted by atomic mass is 32.2. The van der Waals surface area contributed by atoms with Crippen molar-refractivity contribution in [2.24, 2.45) is 16.7 Å². The van der Waals surface area contributed by atoms with Crippen LogP contribution < -0.4 is 4.72 Å². The molecule has 9 heteroatoms. The number of benzene rings is 1. The SMILES string of the molecule is CC1(C)[C@@H]2CC[C@@]1(CS(=O)(=O)Nc1ccc(S(=O)(=O)N3CCCC3)cc1)C(=O)C2. The van der Waals surface area contributed by atoms with Gasteiger partial charge in [0, 0.05) is 25.2 Å². The summed E-state index contributed by atoms with van der Waals surface area (Å²) in [6, 6.07) is 5.80. The van der Waals surface area contributed by atoms with Gasteiger partial charge in [-0.2, -0.15) is 4.31 Å². The van der Waals surface area contributed by atoms with E-state index in [4.69, 9.17) is 0 Å². The number of nitrogens with one attached hydrogen (secondary N) is 1. The summed E-state index contributed by atoms with van der Waals surface area (Å²) in [6.45, 7) is 5.04. The fourth-order valence-corrected chi connectivity index (χ4v) is 8.83. The van der Waals surface area contributed by atoms with Crippen LogP contribution >= 0.6 is 0 Å². The lowest BCUT2D eigenvalue weighted by Gasteiger charge is -2.36. The van der Waals surface area contributed by atoms with Gasteiger partial charge >= 0.3 is 0 Å². The Kier molecular flexibility index (Phi) is 4.87. The number of rotatable bonds is 6. The summed E-state index contributed by atoms with van der Waals surface area (Å²) in [7, 11) is -7.30. The number of fused-ring (bicyclic) bond motifs is 2. The van der Waals surface area contributed by atoms with Gasteiger partial charge < -0.3 is 0 Å². The van der Waals surface area contributed by atoms with Crippen molar-refractivity contribution < 1.29 is 21.6 Å². The van der Waals surface area contributed by atoms with E-state index in [1.54, 1.807) is 0 Å². The standard InChI is InChI=1S/C20H28N2O5S2/c1-19(2)15-9-10-20(19,18(23)13-15)14-28(24,25)21-16-5-7-17(8-6-16)29(26,27)22-11-3-4-12-22/h5-8,15,21H,3-4,9-14H2,1-2H3/t15-,20-/m1/s1. The van der Waals surface area contributed by atoms with Crippen LogP contribution in [-0.2, 0) is 24.8 Å². The molecule has 1 heterocycles. The highest BCUT2D eigenvalue weighted by Crippen LogP contribution is 2.64. The van der Waals surface area contributed by atoms with E-state index in [1.807, 2.05) is 13.8 Å². The Labute approximate surface area is 173 Å². The molecule has 29 heavy (non-hydrogen) atoms. The summed E-state index contributed by atoms with van der Waals surface area (Å²) in [6.07, 6.45) is 3.67. The van der Waals surface area contributed by atoms with Gasteiger partial charge in [-0.05, 0) is 61.3 Å². The van der Waals surface area contributed by atoms with Crippen molar-refractivity contribution in [3.05, 3.63) is 24.3 Å². The number of carbonyl (C=O) groups excluding carboxylic acids is 1. The number of hydrogen-bond acceptors (Lipinski definition) is 5. The summed E-state index contributed by atoms with van der Waals surface area (Å²) < 4.78 is 54.9. The number of carbonyl (C=O) groups is 1. The molecule has 0 unspecified atom stereocenters. The summed E-state index contributed by atoms with van der Waals surface area (Å²) in [5.74, 6) is 0.0762. The van der Waals surface area contributed by atoms with Crippen molar-refractivity contribution in [2.45, 2.75) is 50.8 Å². The largest absolute Gasteiger partial charge is 0.299 e. The van der Waals surface area contributed by atoms with Crippen molar-refractivity contribution in [2.75, 3.05) is 23.6 Å². The van der Waals surface area contributed by atoms with E-state index in [0.717, 1.165) is 19.3 Å². The number of hydrogen-bond donors (Lipinski definition) is 1. The van der Waals surface area contributed by atoms with Crippen LogP contribution in [0, 0.1) is 16.7 Å². The zero-order valence-electron chi connectivity index (χ0n) is 16.8. The second-order valence-electron chi connectivity index (χ2n) is 9.16. The van der Waals surface area contributed by atoms with E-state index in [0.29, 0.717) is 31.6 Å². The molecular formula is C20H28N2O5S2. The molecule has 2 saturated carbocycles. The maximum atomic E-state index is 12.9. The second kappa shape index (κ2) is 6.78. The number of nitrogens with zero attached hydrogens (tertiary/aromatic N) is 1. The molecule has 1 N–H and O–H groups in total. The van der Waals surface area contributed by atoms with E-state index in [2.05, 4.69) is 4.72 Å². The van der Waals surface area contributed by atoms with Gasteiger partial charge in [-0.3, -0.25) is 9.52 Å². The second-order valence-corrected chi connectivity index (χ2v) is 12.8. The highest BCUT2D eigenvalue weighted by Gasteiger charge is 2.65. The van der Waals surface area contributed by atoms with Crippen LogP contribution in [0.25, 0.3) is 0 Å². The lowest BCUT2D eigenvalue weighted by molar-refractivity contribution is -0.128. The molecule has 0 aromatic heterocycles. The van der Waals surface area contributed by atoms with Gasteiger partial charge in [-0.1, -0.05) is 13.8 Å². The van der Waals surface area contributed by atoms with Crippen LogP contribution in [0.2, 0.25) is 0 Å². The normalized spacial score (nSPS) is 29.4. The Morgan fingerprint density at radius 1 is 1.07 bits per heavy atom. The molecule has 160 valence electrons. The van der Waals surface area contributed by atoms with Gasteiger partial charge in [-0.25, -0.2) is 16.8 Å². The predicted octanol–water partition coefficient (Wildman–Crippen LogP) is 2.61.